The van der Waals surface area contributed by atoms with Crippen LogP contribution < -0.4 is 5.32 Å². The summed E-state index contributed by atoms with van der Waals surface area (Å²) in [5.74, 6) is 0.471. The first kappa shape index (κ1) is 15.8. The van der Waals surface area contributed by atoms with E-state index in [0.29, 0.717) is 12.0 Å². The molecule has 1 aromatic rings. The van der Waals surface area contributed by atoms with Crippen molar-refractivity contribution in [3.05, 3.63) is 28.5 Å². The van der Waals surface area contributed by atoms with E-state index in [0.717, 1.165) is 10.2 Å². The number of hydrogen-bond donors (Lipinski definition) is 1. The molecule has 1 unspecified atom stereocenters. The molecular formula is C16H24BrFN2. The van der Waals surface area contributed by atoms with E-state index in [9.17, 15) is 4.39 Å². The van der Waals surface area contributed by atoms with Gasteiger partial charge in [-0.15, -0.1) is 0 Å². The summed E-state index contributed by atoms with van der Waals surface area (Å²) < 4.78 is 14.2. The minimum absolute atomic E-state index is 0.194. The van der Waals surface area contributed by atoms with Gasteiger partial charge in [-0.25, -0.2) is 4.39 Å². The Kier molecular flexibility index (Phi) is 5.85. The van der Waals surface area contributed by atoms with Crippen LogP contribution in [0.25, 0.3) is 0 Å². The van der Waals surface area contributed by atoms with Gasteiger partial charge in [0.1, 0.15) is 5.82 Å². The molecule has 0 bridgehead atoms. The molecule has 2 rings (SSSR count). The quantitative estimate of drug-likeness (QED) is 0.846. The van der Waals surface area contributed by atoms with Gasteiger partial charge in [-0.3, -0.25) is 0 Å². The molecule has 4 heteroatoms. The normalized spacial score (nSPS) is 19.0. The predicted octanol–water partition coefficient (Wildman–Crippen LogP) is 4.51. The highest BCUT2D eigenvalue weighted by Gasteiger charge is 2.23. The van der Waals surface area contributed by atoms with Crippen LogP contribution in [0.1, 0.15) is 33.1 Å². The minimum atomic E-state index is -0.194. The average Bonchev–Trinajstić information content (AvgIpc) is 2.44. The first-order valence-corrected chi connectivity index (χ1v) is 8.33. The highest BCUT2D eigenvalue weighted by Crippen LogP contribution is 2.28. The van der Waals surface area contributed by atoms with Gasteiger partial charge in [0.05, 0.1) is 5.69 Å². The zero-order chi connectivity index (χ0) is 14.5. The molecule has 1 saturated heterocycles. The van der Waals surface area contributed by atoms with Crippen LogP contribution >= 0.6 is 15.9 Å². The number of likely N-dealkylation sites (tertiary alicyclic amines) is 1. The van der Waals surface area contributed by atoms with E-state index in [2.05, 4.69) is 40.0 Å². The number of anilines is 1. The lowest BCUT2D eigenvalue weighted by atomic mass is 9.90. The van der Waals surface area contributed by atoms with Crippen molar-refractivity contribution in [2.24, 2.45) is 5.92 Å². The molecule has 0 saturated carbocycles. The fourth-order valence-corrected chi connectivity index (χ4v) is 3.33. The first-order valence-electron chi connectivity index (χ1n) is 7.54. The molecule has 0 aromatic heterocycles. The summed E-state index contributed by atoms with van der Waals surface area (Å²) in [6.07, 6.45) is 3.68. The zero-order valence-corrected chi connectivity index (χ0v) is 13.9. The Morgan fingerprint density at radius 2 is 2.10 bits per heavy atom. The summed E-state index contributed by atoms with van der Waals surface area (Å²) in [6, 6.07) is 5.17. The van der Waals surface area contributed by atoms with E-state index in [1.807, 2.05) is 0 Å². The maximum Gasteiger partial charge on any atom is 0.125 e. The third-order valence-corrected chi connectivity index (χ3v) is 4.88. The van der Waals surface area contributed by atoms with Crippen molar-refractivity contribution >= 4 is 21.6 Å². The second-order valence-electron chi connectivity index (χ2n) is 5.74. The lowest BCUT2D eigenvalue weighted by molar-refractivity contribution is 0.176. The van der Waals surface area contributed by atoms with Crippen LogP contribution in [0.4, 0.5) is 10.1 Å². The van der Waals surface area contributed by atoms with Crippen molar-refractivity contribution in [3.8, 4) is 0 Å². The Morgan fingerprint density at radius 3 is 2.75 bits per heavy atom. The van der Waals surface area contributed by atoms with Crippen LogP contribution in [0, 0.1) is 11.7 Å². The fraction of sp³-hybridized carbons (Fsp3) is 0.625. The summed E-state index contributed by atoms with van der Waals surface area (Å²) in [4.78, 5) is 2.54. The largest absolute Gasteiger partial charge is 0.381 e. The van der Waals surface area contributed by atoms with E-state index < -0.39 is 0 Å². The van der Waals surface area contributed by atoms with Gasteiger partial charge in [0.25, 0.3) is 0 Å². The molecule has 1 N–H and O–H groups in total. The number of halogens is 2. The Hall–Kier alpha value is -0.610. The van der Waals surface area contributed by atoms with Gasteiger partial charge in [0.15, 0.2) is 0 Å². The summed E-state index contributed by atoms with van der Waals surface area (Å²) in [6.45, 7) is 8.03. The van der Waals surface area contributed by atoms with Gasteiger partial charge < -0.3 is 10.2 Å². The zero-order valence-electron chi connectivity index (χ0n) is 12.3. The number of nitrogens with one attached hydrogen (secondary N) is 1. The van der Waals surface area contributed by atoms with E-state index in [1.54, 1.807) is 12.1 Å². The summed E-state index contributed by atoms with van der Waals surface area (Å²) in [7, 11) is 0. The monoisotopic (exact) mass is 342 g/mol. The maximum absolute atomic E-state index is 13.3. The molecule has 0 radical (unpaired) electrons. The van der Waals surface area contributed by atoms with E-state index in [-0.39, 0.29) is 5.82 Å². The van der Waals surface area contributed by atoms with Gasteiger partial charge >= 0.3 is 0 Å². The van der Waals surface area contributed by atoms with E-state index in [1.165, 1.54) is 45.0 Å². The van der Waals surface area contributed by atoms with Gasteiger partial charge in [-0.1, -0.05) is 6.92 Å². The lowest BCUT2D eigenvalue weighted by Gasteiger charge is -2.35. The molecule has 1 aliphatic rings. The molecular weight excluding hydrogens is 319 g/mol. The number of benzene rings is 1. The summed E-state index contributed by atoms with van der Waals surface area (Å²) in [5.41, 5.74) is 0.855. The Labute approximate surface area is 129 Å². The predicted molar refractivity (Wildman–Crippen MR) is 86.6 cm³/mol. The highest BCUT2D eigenvalue weighted by atomic mass is 79.9. The molecule has 112 valence electrons. The van der Waals surface area contributed by atoms with Crippen molar-refractivity contribution < 1.29 is 4.39 Å². The third kappa shape index (κ3) is 4.19. The molecule has 0 aliphatic carbocycles. The fourth-order valence-electron chi connectivity index (χ4n) is 2.96. The van der Waals surface area contributed by atoms with Crippen molar-refractivity contribution in [2.75, 3.05) is 25.0 Å². The van der Waals surface area contributed by atoms with E-state index >= 15 is 0 Å². The number of piperidine rings is 1. The first-order chi connectivity index (χ1) is 9.60. The van der Waals surface area contributed by atoms with Crippen LogP contribution in [0.2, 0.25) is 0 Å². The van der Waals surface area contributed by atoms with Crippen molar-refractivity contribution in [2.45, 2.75) is 39.2 Å². The van der Waals surface area contributed by atoms with Crippen molar-refractivity contribution in [3.63, 3.8) is 0 Å². The van der Waals surface area contributed by atoms with Crippen LogP contribution in [-0.2, 0) is 0 Å². The van der Waals surface area contributed by atoms with Crippen molar-refractivity contribution in [1.82, 2.24) is 4.90 Å². The minimum Gasteiger partial charge on any atom is -0.381 e. The van der Waals surface area contributed by atoms with Gasteiger partial charge in [0, 0.05) is 10.5 Å². The smallest absolute Gasteiger partial charge is 0.125 e. The Balaban J connectivity index is 1.89. The van der Waals surface area contributed by atoms with Gasteiger partial charge in [-0.2, -0.15) is 0 Å². The Bertz CT molecular complexity index is 430. The summed E-state index contributed by atoms with van der Waals surface area (Å²) in [5, 5.41) is 3.46. The standard InChI is InChI=1S/C16H24BrFN2/c1-3-8-20-9-6-13(7-10-20)12(2)19-16-11-14(18)4-5-15(16)17/h4-5,11-13,19H,3,6-10H2,1-2H3. The van der Waals surface area contributed by atoms with E-state index in [4.69, 9.17) is 0 Å². The number of rotatable bonds is 5. The summed E-state index contributed by atoms with van der Waals surface area (Å²) >= 11 is 3.48. The second-order valence-corrected chi connectivity index (χ2v) is 6.59. The number of nitrogens with zero attached hydrogens (tertiary/aromatic N) is 1. The molecule has 1 fully saturated rings. The van der Waals surface area contributed by atoms with Crippen LogP contribution in [-0.4, -0.2) is 30.6 Å². The van der Waals surface area contributed by atoms with Crippen LogP contribution in [0.3, 0.4) is 0 Å². The molecule has 1 aromatic carbocycles. The molecule has 0 amide bonds. The second kappa shape index (κ2) is 7.41. The topological polar surface area (TPSA) is 15.3 Å². The van der Waals surface area contributed by atoms with Crippen LogP contribution in [0.5, 0.6) is 0 Å². The average molecular weight is 343 g/mol. The SMILES string of the molecule is CCCN1CCC(C(C)Nc2cc(F)ccc2Br)CC1. The van der Waals surface area contributed by atoms with Crippen LogP contribution in [0.15, 0.2) is 22.7 Å². The molecule has 1 aliphatic heterocycles. The number of hydrogen-bond acceptors (Lipinski definition) is 2. The van der Waals surface area contributed by atoms with Crippen molar-refractivity contribution in [1.29, 1.82) is 0 Å². The molecule has 0 spiro atoms. The Morgan fingerprint density at radius 1 is 1.40 bits per heavy atom. The van der Waals surface area contributed by atoms with Gasteiger partial charge in [0.2, 0.25) is 0 Å². The molecule has 2 nitrogen and oxygen atoms in total. The maximum atomic E-state index is 13.3. The highest BCUT2D eigenvalue weighted by molar-refractivity contribution is 9.10. The lowest BCUT2D eigenvalue weighted by Crippen LogP contribution is -2.39. The molecule has 20 heavy (non-hydrogen) atoms. The third-order valence-electron chi connectivity index (χ3n) is 4.19. The van der Waals surface area contributed by atoms with Gasteiger partial charge in [-0.05, 0) is 85.9 Å². The molecule has 1 atom stereocenters. The molecule has 1 heterocycles.